The van der Waals surface area contributed by atoms with Crippen LogP contribution in [0.2, 0.25) is 0 Å². The maximum atomic E-state index is 12.3. The minimum atomic E-state index is -0.205. The van der Waals surface area contributed by atoms with Gasteiger partial charge in [-0.1, -0.05) is 0 Å². The Morgan fingerprint density at radius 1 is 1.58 bits per heavy atom. The van der Waals surface area contributed by atoms with Gasteiger partial charge in [0, 0.05) is 18.8 Å². The Bertz CT molecular complexity index is 469. The second-order valence-electron chi connectivity index (χ2n) is 4.75. The lowest BCUT2D eigenvalue weighted by Crippen LogP contribution is -2.42. The average Bonchev–Trinajstić information content (AvgIpc) is 2.84. The Morgan fingerprint density at radius 3 is 3.00 bits per heavy atom. The molecule has 1 aromatic rings. The zero-order valence-corrected chi connectivity index (χ0v) is 11.3. The molecule has 1 atom stereocenters. The highest BCUT2D eigenvalue weighted by Gasteiger charge is 2.30. The van der Waals surface area contributed by atoms with Gasteiger partial charge in [-0.3, -0.25) is 14.7 Å². The number of nitrogens with zero attached hydrogens (tertiary/aromatic N) is 2. The molecule has 6 heteroatoms. The molecule has 0 saturated carbocycles. The van der Waals surface area contributed by atoms with Gasteiger partial charge < -0.3 is 9.64 Å². The number of hydrogen-bond acceptors (Lipinski definition) is 4. The minimum Gasteiger partial charge on any atom is -0.466 e. The lowest BCUT2D eigenvalue weighted by atomic mass is 9.97. The molecule has 104 valence electrons. The molecule has 19 heavy (non-hydrogen) atoms. The number of aryl methyl sites for hydroxylation is 1. The summed E-state index contributed by atoms with van der Waals surface area (Å²) in [5, 5.41) is 6.61. The Balaban J connectivity index is 2.03. The second kappa shape index (κ2) is 5.86. The number of rotatable bonds is 3. The van der Waals surface area contributed by atoms with Crippen LogP contribution in [-0.4, -0.2) is 46.7 Å². The molecule has 0 aromatic carbocycles. The van der Waals surface area contributed by atoms with Crippen LogP contribution in [0.5, 0.6) is 0 Å². The van der Waals surface area contributed by atoms with Crippen LogP contribution in [0.3, 0.4) is 0 Å². The molecular weight excluding hydrogens is 246 g/mol. The maximum absolute atomic E-state index is 12.3. The Hall–Kier alpha value is -1.85. The van der Waals surface area contributed by atoms with E-state index < -0.39 is 0 Å². The van der Waals surface area contributed by atoms with E-state index in [4.69, 9.17) is 4.74 Å². The molecular formula is C13H19N3O3. The van der Waals surface area contributed by atoms with Crippen molar-refractivity contribution in [3.63, 3.8) is 0 Å². The van der Waals surface area contributed by atoms with Gasteiger partial charge in [0.05, 0.1) is 24.3 Å². The van der Waals surface area contributed by atoms with Crippen molar-refractivity contribution in [2.45, 2.75) is 26.7 Å². The zero-order chi connectivity index (χ0) is 13.8. The largest absolute Gasteiger partial charge is 0.466 e. The third-order valence-electron chi connectivity index (χ3n) is 3.39. The highest BCUT2D eigenvalue weighted by atomic mass is 16.5. The number of ether oxygens (including phenoxy) is 1. The van der Waals surface area contributed by atoms with E-state index >= 15 is 0 Å². The number of nitrogens with one attached hydrogen (secondary N) is 1. The van der Waals surface area contributed by atoms with Crippen LogP contribution in [0.25, 0.3) is 0 Å². The van der Waals surface area contributed by atoms with Crippen LogP contribution in [0.1, 0.15) is 35.8 Å². The number of carbonyl (C=O) groups is 2. The van der Waals surface area contributed by atoms with Crippen LogP contribution < -0.4 is 0 Å². The normalized spacial score (nSPS) is 19.3. The lowest BCUT2D eigenvalue weighted by Gasteiger charge is -2.31. The summed E-state index contributed by atoms with van der Waals surface area (Å²) in [6, 6.07) is 0. The molecule has 2 heterocycles. The summed E-state index contributed by atoms with van der Waals surface area (Å²) in [4.78, 5) is 25.8. The molecule has 0 aliphatic carbocycles. The van der Waals surface area contributed by atoms with Crippen molar-refractivity contribution >= 4 is 11.9 Å². The highest BCUT2D eigenvalue weighted by Crippen LogP contribution is 2.20. The van der Waals surface area contributed by atoms with E-state index in [-0.39, 0.29) is 17.8 Å². The molecule has 1 amide bonds. The number of piperidine rings is 1. The fourth-order valence-electron chi connectivity index (χ4n) is 2.35. The van der Waals surface area contributed by atoms with Crippen molar-refractivity contribution in [2.24, 2.45) is 5.92 Å². The number of esters is 1. The van der Waals surface area contributed by atoms with Crippen molar-refractivity contribution in [1.29, 1.82) is 0 Å². The molecule has 2 rings (SSSR count). The number of hydrogen-bond donors (Lipinski definition) is 1. The molecule has 0 radical (unpaired) electrons. The average molecular weight is 265 g/mol. The van der Waals surface area contributed by atoms with Gasteiger partial charge in [-0.2, -0.15) is 5.10 Å². The summed E-state index contributed by atoms with van der Waals surface area (Å²) in [5.74, 6) is -0.478. The van der Waals surface area contributed by atoms with E-state index in [1.807, 2.05) is 6.92 Å². The molecule has 1 aliphatic rings. The fourth-order valence-corrected chi connectivity index (χ4v) is 2.35. The third kappa shape index (κ3) is 2.94. The van der Waals surface area contributed by atoms with Gasteiger partial charge in [-0.15, -0.1) is 0 Å². The van der Waals surface area contributed by atoms with E-state index in [0.29, 0.717) is 25.3 Å². The van der Waals surface area contributed by atoms with E-state index in [2.05, 4.69) is 10.2 Å². The first-order valence-corrected chi connectivity index (χ1v) is 6.59. The van der Waals surface area contributed by atoms with Gasteiger partial charge >= 0.3 is 5.97 Å². The third-order valence-corrected chi connectivity index (χ3v) is 3.39. The number of aromatic nitrogens is 2. The number of amides is 1. The van der Waals surface area contributed by atoms with Crippen LogP contribution in [-0.2, 0) is 9.53 Å². The van der Waals surface area contributed by atoms with Gasteiger partial charge in [0.2, 0.25) is 0 Å². The quantitative estimate of drug-likeness (QED) is 0.831. The molecule has 1 saturated heterocycles. The maximum Gasteiger partial charge on any atom is 0.310 e. The van der Waals surface area contributed by atoms with Crippen molar-refractivity contribution < 1.29 is 14.3 Å². The van der Waals surface area contributed by atoms with Crippen molar-refractivity contribution in [1.82, 2.24) is 15.1 Å². The van der Waals surface area contributed by atoms with Crippen molar-refractivity contribution in [2.75, 3.05) is 19.7 Å². The summed E-state index contributed by atoms with van der Waals surface area (Å²) in [6.07, 6.45) is 3.14. The molecule has 0 unspecified atom stereocenters. The standard InChI is InChI=1S/C13H19N3O3/c1-3-19-13(18)10-5-4-6-16(8-10)12(17)11-7-14-15-9(11)2/h7,10H,3-6,8H2,1-2H3,(H,14,15)/t10-/m1/s1. The second-order valence-corrected chi connectivity index (χ2v) is 4.75. The molecule has 1 aliphatic heterocycles. The van der Waals surface area contributed by atoms with Crippen LogP contribution in [0, 0.1) is 12.8 Å². The van der Waals surface area contributed by atoms with Gasteiger partial charge in [0.15, 0.2) is 0 Å². The van der Waals surface area contributed by atoms with Crippen molar-refractivity contribution in [3.8, 4) is 0 Å². The number of carbonyl (C=O) groups excluding carboxylic acids is 2. The number of H-pyrrole nitrogens is 1. The monoisotopic (exact) mass is 265 g/mol. The summed E-state index contributed by atoms with van der Waals surface area (Å²) in [5.41, 5.74) is 1.33. The van der Waals surface area contributed by atoms with Crippen LogP contribution in [0.4, 0.5) is 0 Å². The lowest BCUT2D eigenvalue weighted by molar-refractivity contribution is -0.149. The summed E-state index contributed by atoms with van der Waals surface area (Å²) < 4.78 is 5.03. The van der Waals surface area contributed by atoms with Crippen LogP contribution >= 0.6 is 0 Å². The Kier molecular flexibility index (Phi) is 4.19. The van der Waals surface area contributed by atoms with E-state index in [1.165, 1.54) is 6.20 Å². The Morgan fingerprint density at radius 2 is 2.37 bits per heavy atom. The highest BCUT2D eigenvalue weighted by molar-refractivity contribution is 5.95. The SMILES string of the molecule is CCOC(=O)[C@@H]1CCCN(C(=O)c2cn[nH]c2C)C1. The predicted octanol–water partition coefficient (Wildman–Crippen LogP) is 1.13. The zero-order valence-electron chi connectivity index (χ0n) is 11.3. The number of aromatic amines is 1. The molecule has 0 bridgehead atoms. The van der Waals surface area contributed by atoms with Gasteiger partial charge in [-0.05, 0) is 26.7 Å². The summed E-state index contributed by atoms with van der Waals surface area (Å²) in [7, 11) is 0. The summed E-state index contributed by atoms with van der Waals surface area (Å²) in [6.45, 7) is 5.09. The topological polar surface area (TPSA) is 75.3 Å². The summed E-state index contributed by atoms with van der Waals surface area (Å²) >= 11 is 0. The van der Waals surface area contributed by atoms with Gasteiger partial charge in [0.1, 0.15) is 0 Å². The molecule has 1 aromatic heterocycles. The van der Waals surface area contributed by atoms with Gasteiger partial charge in [-0.25, -0.2) is 0 Å². The molecule has 6 nitrogen and oxygen atoms in total. The molecule has 1 fully saturated rings. The van der Waals surface area contributed by atoms with Gasteiger partial charge in [0.25, 0.3) is 5.91 Å². The van der Waals surface area contributed by atoms with Crippen molar-refractivity contribution in [3.05, 3.63) is 17.5 Å². The first-order valence-electron chi connectivity index (χ1n) is 6.59. The van der Waals surface area contributed by atoms with Crippen LogP contribution in [0.15, 0.2) is 6.20 Å². The van der Waals surface area contributed by atoms with E-state index in [1.54, 1.807) is 11.8 Å². The minimum absolute atomic E-state index is 0.0692. The Labute approximate surface area is 112 Å². The number of likely N-dealkylation sites (tertiary alicyclic amines) is 1. The smallest absolute Gasteiger partial charge is 0.310 e. The first-order chi connectivity index (χ1) is 9.13. The first kappa shape index (κ1) is 13.6. The van der Waals surface area contributed by atoms with E-state index in [0.717, 1.165) is 18.5 Å². The van der Waals surface area contributed by atoms with E-state index in [9.17, 15) is 9.59 Å². The predicted molar refractivity (Wildman–Crippen MR) is 68.6 cm³/mol. The molecule has 0 spiro atoms. The molecule has 1 N–H and O–H groups in total. The fraction of sp³-hybridized carbons (Fsp3) is 0.615.